The summed E-state index contributed by atoms with van der Waals surface area (Å²) < 4.78 is 12.5. The first kappa shape index (κ1) is 24.2. The molecular formula is C30H33NO5. The highest BCUT2D eigenvalue weighted by atomic mass is 16.5. The zero-order valence-corrected chi connectivity index (χ0v) is 20.7. The maximum absolute atomic E-state index is 10.1. The maximum atomic E-state index is 10.1. The second kappa shape index (κ2) is 10.2. The molecule has 1 fully saturated rings. The van der Waals surface area contributed by atoms with E-state index in [1.165, 1.54) is 0 Å². The minimum Gasteiger partial charge on any atom is -0.508 e. The van der Waals surface area contributed by atoms with Crippen LogP contribution in [-0.4, -0.2) is 52.1 Å². The molecular weight excluding hydrogens is 454 g/mol. The van der Waals surface area contributed by atoms with Crippen LogP contribution in [0.15, 0.2) is 66.7 Å². The molecule has 5 rings (SSSR count). The van der Waals surface area contributed by atoms with Crippen LogP contribution in [0.2, 0.25) is 0 Å². The Bertz CT molecular complexity index is 1250. The number of phenols is 2. The van der Waals surface area contributed by atoms with E-state index in [2.05, 4.69) is 11.8 Å². The summed E-state index contributed by atoms with van der Waals surface area (Å²) >= 11 is 0. The smallest absolute Gasteiger partial charge is 0.150 e. The molecule has 2 aliphatic rings. The Balaban J connectivity index is 1.39. The SMILES string of the molecule is CC1=C(c2cccc(O)c2)C(c2ccc(OCC(C)N3CCCC(O)C3)cc2)Oc2ccc(O)cc21. The number of aliphatic hydroxyl groups is 1. The van der Waals surface area contributed by atoms with E-state index in [9.17, 15) is 15.3 Å². The molecule has 0 amide bonds. The summed E-state index contributed by atoms with van der Waals surface area (Å²) in [6.07, 6.45) is 1.26. The van der Waals surface area contributed by atoms with Gasteiger partial charge in [0.1, 0.15) is 35.7 Å². The summed E-state index contributed by atoms with van der Waals surface area (Å²) in [5.74, 6) is 1.86. The minimum absolute atomic E-state index is 0.181. The number of phenolic OH excluding ortho intramolecular Hbond substituents is 2. The lowest BCUT2D eigenvalue weighted by molar-refractivity contribution is 0.0377. The molecule has 188 valence electrons. The molecule has 2 aliphatic heterocycles. The molecule has 3 aromatic rings. The van der Waals surface area contributed by atoms with Crippen molar-refractivity contribution in [1.29, 1.82) is 0 Å². The second-order valence-corrected chi connectivity index (χ2v) is 9.79. The molecule has 6 heteroatoms. The molecule has 0 radical (unpaired) electrons. The maximum Gasteiger partial charge on any atom is 0.150 e. The number of hydrogen-bond donors (Lipinski definition) is 3. The Morgan fingerprint density at radius 3 is 2.56 bits per heavy atom. The highest BCUT2D eigenvalue weighted by molar-refractivity contribution is 5.95. The van der Waals surface area contributed by atoms with E-state index < -0.39 is 0 Å². The number of piperidine rings is 1. The first-order chi connectivity index (χ1) is 17.4. The number of rotatable bonds is 6. The van der Waals surface area contributed by atoms with Gasteiger partial charge in [-0.15, -0.1) is 0 Å². The molecule has 2 heterocycles. The van der Waals surface area contributed by atoms with E-state index in [0.717, 1.165) is 53.0 Å². The van der Waals surface area contributed by atoms with Crippen molar-refractivity contribution in [2.75, 3.05) is 19.7 Å². The van der Waals surface area contributed by atoms with Crippen molar-refractivity contribution in [2.45, 2.75) is 44.9 Å². The summed E-state index contributed by atoms with van der Waals surface area (Å²) in [5.41, 5.74) is 4.59. The van der Waals surface area contributed by atoms with Crippen molar-refractivity contribution in [3.05, 3.63) is 83.4 Å². The summed E-state index contributed by atoms with van der Waals surface area (Å²) in [6.45, 7) is 6.39. The highest BCUT2D eigenvalue weighted by Gasteiger charge is 2.30. The Hall–Kier alpha value is -3.48. The van der Waals surface area contributed by atoms with Crippen LogP contribution >= 0.6 is 0 Å². The van der Waals surface area contributed by atoms with Crippen molar-refractivity contribution in [3.8, 4) is 23.0 Å². The van der Waals surface area contributed by atoms with Crippen molar-refractivity contribution < 1.29 is 24.8 Å². The number of fused-ring (bicyclic) bond motifs is 1. The van der Waals surface area contributed by atoms with Crippen molar-refractivity contribution in [2.24, 2.45) is 0 Å². The summed E-state index contributed by atoms with van der Waals surface area (Å²) in [7, 11) is 0. The average Bonchev–Trinajstić information content (AvgIpc) is 2.88. The van der Waals surface area contributed by atoms with Crippen LogP contribution in [0.1, 0.15) is 49.5 Å². The van der Waals surface area contributed by atoms with E-state index in [1.54, 1.807) is 30.3 Å². The van der Waals surface area contributed by atoms with Gasteiger partial charge in [0.25, 0.3) is 0 Å². The standard InChI is InChI=1S/C30H33NO5/c1-19(31-14-4-7-25(34)17-31)18-35-26-11-8-21(9-12-26)30-29(22-5-3-6-23(32)15-22)20(2)27-16-24(33)10-13-28(27)36-30/h3,5-6,8-13,15-16,19,25,30,32-34H,4,7,14,17-18H2,1-2H3. The van der Waals surface area contributed by atoms with Gasteiger partial charge in [0.05, 0.1) is 6.10 Å². The molecule has 0 aromatic heterocycles. The van der Waals surface area contributed by atoms with E-state index in [0.29, 0.717) is 18.9 Å². The van der Waals surface area contributed by atoms with E-state index in [-0.39, 0.29) is 29.7 Å². The largest absolute Gasteiger partial charge is 0.508 e. The van der Waals surface area contributed by atoms with Crippen LogP contribution in [0.5, 0.6) is 23.0 Å². The first-order valence-electron chi connectivity index (χ1n) is 12.5. The Labute approximate surface area is 212 Å². The predicted octanol–water partition coefficient (Wildman–Crippen LogP) is 5.39. The van der Waals surface area contributed by atoms with E-state index in [4.69, 9.17) is 9.47 Å². The predicted molar refractivity (Wildman–Crippen MR) is 140 cm³/mol. The Morgan fingerprint density at radius 1 is 1.03 bits per heavy atom. The molecule has 3 N–H and O–H groups in total. The number of aliphatic hydroxyl groups excluding tert-OH is 1. The number of likely N-dealkylation sites (tertiary alicyclic amines) is 1. The number of allylic oxidation sites excluding steroid dienone is 1. The van der Waals surface area contributed by atoms with Crippen LogP contribution in [0.4, 0.5) is 0 Å². The van der Waals surface area contributed by atoms with Gasteiger partial charge in [-0.3, -0.25) is 4.90 Å². The fourth-order valence-corrected chi connectivity index (χ4v) is 5.16. The van der Waals surface area contributed by atoms with Crippen LogP contribution in [0.3, 0.4) is 0 Å². The van der Waals surface area contributed by atoms with Gasteiger partial charge in [-0.1, -0.05) is 24.3 Å². The number of benzene rings is 3. The fraction of sp³-hybridized carbons (Fsp3) is 0.333. The molecule has 3 unspecified atom stereocenters. The molecule has 1 saturated heterocycles. The third-order valence-electron chi connectivity index (χ3n) is 7.16. The monoisotopic (exact) mass is 487 g/mol. The normalized spacial score (nSPS) is 21.0. The van der Waals surface area contributed by atoms with Crippen LogP contribution < -0.4 is 9.47 Å². The van der Waals surface area contributed by atoms with Gasteiger partial charge in [-0.05, 0) is 92.4 Å². The quantitative estimate of drug-likeness (QED) is 0.433. The van der Waals surface area contributed by atoms with Gasteiger partial charge in [0.2, 0.25) is 0 Å². The molecule has 3 aromatic carbocycles. The first-order valence-corrected chi connectivity index (χ1v) is 12.5. The Kier molecular flexibility index (Phi) is 6.90. The zero-order chi connectivity index (χ0) is 25.2. The van der Waals surface area contributed by atoms with Gasteiger partial charge in [0.15, 0.2) is 0 Å². The lowest BCUT2D eigenvalue weighted by atomic mass is 9.86. The van der Waals surface area contributed by atoms with Gasteiger partial charge >= 0.3 is 0 Å². The van der Waals surface area contributed by atoms with Gasteiger partial charge in [0, 0.05) is 23.7 Å². The zero-order valence-electron chi connectivity index (χ0n) is 20.7. The number of nitrogens with zero attached hydrogens (tertiary/aromatic N) is 1. The fourth-order valence-electron chi connectivity index (χ4n) is 5.16. The van der Waals surface area contributed by atoms with Crippen LogP contribution in [0, 0.1) is 0 Å². The summed E-state index contributed by atoms with van der Waals surface area (Å²) in [5, 5.41) is 30.2. The molecule has 0 aliphatic carbocycles. The van der Waals surface area contributed by atoms with Gasteiger partial charge < -0.3 is 24.8 Å². The topological polar surface area (TPSA) is 82.4 Å². The molecule has 6 nitrogen and oxygen atoms in total. The van der Waals surface area contributed by atoms with Gasteiger partial charge in [-0.2, -0.15) is 0 Å². The number of β-amino-alcohol motifs (C(OH)–C–C–N with tert-alkyl or cyclic N) is 1. The second-order valence-electron chi connectivity index (χ2n) is 9.79. The lowest BCUT2D eigenvalue weighted by Gasteiger charge is -2.34. The summed E-state index contributed by atoms with van der Waals surface area (Å²) in [6, 6.07) is 20.4. The molecule has 3 atom stereocenters. The molecule has 36 heavy (non-hydrogen) atoms. The van der Waals surface area contributed by atoms with Crippen molar-refractivity contribution in [1.82, 2.24) is 4.90 Å². The summed E-state index contributed by atoms with van der Waals surface area (Å²) in [4.78, 5) is 2.28. The van der Waals surface area contributed by atoms with Gasteiger partial charge in [-0.25, -0.2) is 0 Å². The average molecular weight is 488 g/mol. The van der Waals surface area contributed by atoms with Crippen LogP contribution in [-0.2, 0) is 0 Å². The third kappa shape index (κ3) is 5.06. The molecule has 0 saturated carbocycles. The lowest BCUT2D eigenvalue weighted by Crippen LogP contribution is -2.45. The van der Waals surface area contributed by atoms with Crippen LogP contribution in [0.25, 0.3) is 11.1 Å². The number of aromatic hydroxyl groups is 2. The Morgan fingerprint density at radius 2 is 1.81 bits per heavy atom. The molecule has 0 spiro atoms. The van der Waals surface area contributed by atoms with E-state index >= 15 is 0 Å². The number of ether oxygens (including phenoxy) is 2. The van der Waals surface area contributed by atoms with Crippen molar-refractivity contribution in [3.63, 3.8) is 0 Å². The molecule has 0 bridgehead atoms. The third-order valence-corrected chi connectivity index (χ3v) is 7.16. The van der Waals surface area contributed by atoms with Crippen molar-refractivity contribution >= 4 is 11.1 Å². The minimum atomic E-state index is -0.383. The van der Waals surface area contributed by atoms with E-state index in [1.807, 2.05) is 43.3 Å². The number of hydrogen-bond acceptors (Lipinski definition) is 6. The highest BCUT2D eigenvalue weighted by Crippen LogP contribution is 2.47.